The largest absolute Gasteiger partial charge is 0.481 e. The molecule has 0 aliphatic heterocycles. The van der Waals surface area contributed by atoms with Crippen molar-refractivity contribution in [2.75, 3.05) is 14.2 Å². The van der Waals surface area contributed by atoms with Gasteiger partial charge in [-0.2, -0.15) is 9.59 Å². The molecule has 0 aliphatic carbocycles. The monoisotopic (exact) mass is 480 g/mol. The van der Waals surface area contributed by atoms with Crippen molar-refractivity contribution in [3.63, 3.8) is 0 Å². The number of ether oxygens (including phenoxy) is 2. The van der Waals surface area contributed by atoms with Gasteiger partial charge in [0.15, 0.2) is 6.23 Å². The Morgan fingerprint density at radius 1 is 1.22 bits per heavy atom. The Labute approximate surface area is 173 Å². The molecular weight excluding hydrogens is 459 g/mol. The van der Waals surface area contributed by atoms with E-state index in [2.05, 4.69) is 30.8 Å². The van der Waals surface area contributed by atoms with Gasteiger partial charge < -0.3 is 25.4 Å². The van der Waals surface area contributed by atoms with Crippen molar-refractivity contribution in [2.24, 2.45) is 11.5 Å². The summed E-state index contributed by atoms with van der Waals surface area (Å²) >= 11 is 0. The second kappa shape index (κ2) is 35.7. The summed E-state index contributed by atoms with van der Waals surface area (Å²) in [5.41, 5.74) is 10.2. The molecule has 0 heterocycles. The molecule has 164 valence electrons. The van der Waals surface area contributed by atoms with E-state index in [1.165, 1.54) is 7.11 Å². The minimum absolute atomic E-state index is 0. The fraction of sp³-hybridized carbons (Fsp3) is 0.636. The van der Waals surface area contributed by atoms with Gasteiger partial charge >= 0.3 is 18.1 Å². The maximum Gasteiger partial charge on any atom is 0.373 e. The number of hydrogen-bond acceptors (Lipinski definition) is 11. The van der Waals surface area contributed by atoms with Gasteiger partial charge in [-0.1, -0.05) is 0 Å². The number of rotatable bonds is 6. The third-order valence-electron chi connectivity index (χ3n) is 1.32. The molecule has 0 aliphatic rings. The van der Waals surface area contributed by atoms with Crippen LogP contribution in [-0.4, -0.2) is 65.5 Å². The van der Waals surface area contributed by atoms with Gasteiger partial charge in [-0.3, -0.25) is 20.1 Å². The molecule has 16 heteroatoms. The van der Waals surface area contributed by atoms with Gasteiger partial charge in [-0.25, -0.2) is 4.21 Å². The van der Waals surface area contributed by atoms with E-state index in [1.807, 2.05) is 0 Å². The van der Waals surface area contributed by atoms with Crippen LogP contribution in [0.5, 0.6) is 0 Å². The fourth-order valence-corrected chi connectivity index (χ4v) is 0.638. The van der Waals surface area contributed by atoms with Crippen molar-refractivity contribution < 1.29 is 47.9 Å². The smallest absolute Gasteiger partial charge is 0.373 e. The van der Waals surface area contributed by atoms with Crippen LogP contribution in [0.25, 0.3) is 0 Å². The van der Waals surface area contributed by atoms with Crippen LogP contribution in [0.1, 0.15) is 19.8 Å². The van der Waals surface area contributed by atoms with Gasteiger partial charge in [-0.05, 0) is 6.92 Å². The summed E-state index contributed by atoms with van der Waals surface area (Å²) in [7, 11) is 9.71. The zero-order chi connectivity index (χ0) is 22.1. The summed E-state index contributed by atoms with van der Waals surface area (Å²) in [6.45, 7) is 1.88. The standard InChI is InChI=1S/C5H11NO2.C4H7NO4.CO2.CH4O.Cl2OS.ClH/c1-4(6)3-5(7)8-2;5-3(9-2-6)1-4(7)8;2-1-3;1-2;1-4(2)3;/h4H,3,6H2,1-2H3;2-3H,1,5H2,(H,7,8);;2H,1H3;;1H. The molecule has 2 atom stereocenters. The third-order valence-corrected chi connectivity index (χ3v) is 1.32. The highest BCUT2D eigenvalue weighted by atomic mass is 36.0. The first-order valence-corrected chi connectivity index (χ1v) is 8.85. The molecule has 0 spiro atoms. The lowest BCUT2D eigenvalue weighted by molar-refractivity contribution is -0.191. The Hall–Kier alpha value is -1.31. The number of nitrogens with two attached hydrogens (primary N) is 2. The van der Waals surface area contributed by atoms with Crippen LogP contribution in [0.3, 0.4) is 0 Å². The van der Waals surface area contributed by atoms with E-state index < -0.39 is 21.4 Å². The number of carbonyl (C=O) groups excluding carboxylic acids is 4. The molecule has 6 N–H and O–H groups in total. The quantitative estimate of drug-likeness (QED) is 0.160. The summed E-state index contributed by atoms with van der Waals surface area (Å²) in [6, 6.07) is -0.0950. The first-order chi connectivity index (χ1) is 12.0. The maximum atomic E-state index is 10.3. The number of carbonyl (C=O) groups is 3. The van der Waals surface area contributed by atoms with Gasteiger partial charge in [0, 0.05) is 34.5 Å². The molecular formula is C11H23Cl3N2O10S. The highest BCUT2D eigenvalue weighted by Crippen LogP contribution is 1.89. The van der Waals surface area contributed by atoms with E-state index in [1.54, 1.807) is 6.92 Å². The molecule has 0 fully saturated rings. The lowest BCUT2D eigenvalue weighted by atomic mass is 10.3. The number of methoxy groups -OCH3 is 1. The summed E-state index contributed by atoms with van der Waals surface area (Å²) in [5, 5.41) is 15.0. The van der Waals surface area contributed by atoms with Crippen molar-refractivity contribution in [2.45, 2.75) is 32.0 Å². The number of esters is 1. The van der Waals surface area contributed by atoms with E-state index in [9.17, 15) is 14.4 Å². The van der Waals surface area contributed by atoms with Crippen LogP contribution >= 0.6 is 33.8 Å². The van der Waals surface area contributed by atoms with Gasteiger partial charge in [0.25, 0.3) is 6.47 Å². The Morgan fingerprint density at radius 2 is 1.56 bits per heavy atom. The average molecular weight is 482 g/mol. The van der Waals surface area contributed by atoms with Gasteiger partial charge in [0.2, 0.25) is 9.23 Å². The number of carboxylic acid groups (broad SMARTS) is 1. The number of hydrogen-bond donors (Lipinski definition) is 4. The van der Waals surface area contributed by atoms with Gasteiger partial charge in [0.1, 0.15) is 0 Å². The summed E-state index contributed by atoms with van der Waals surface area (Å²) in [6.07, 6.45) is -0.838. The zero-order valence-corrected chi connectivity index (χ0v) is 17.7. The molecule has 0 saturated carbocycles. The van der Waals surface area contributed by atoms with E-state index in [0.717, 1.165) is 7.11 Å². The minimum atomic E-state index is -1.67. The molecule has 2 unspecified atom stereocenters. The van der Waals surface area contributed by atoms with Crippen LogP contribution in [0.2, 0.25) is 0 Å². The SMILES string of the molecule is CO.COC(=O)CC(C)N.Cl.NC(CC(=O)O)OC=O.O=C=O.O=S(Cl)Cl. The Bertz CT molecular complexity index is 406. The number of aliphatic carboxylic acids is 1. The highest BCUT2D eigenvalue weighted by Gasteiger charge is 2.06. The molecule has 12 nitrogen and oxygen atoms in total. The molecule has 0 aromatic heterocycles. The van der Waals surface area contributed by atoms with E-state index in [4.69, 9.17) is 35.5 Å². The zero-order valence-electron chi connectivity index (χ0n) is 14.5. The van der Waals surface area contributed by atoms with Crippen LogP contribution in [0.4, 0.5) is 0 Å². The predicted octanol–water partition coefficient (Wildman–Crippen LogP) is -0.695. The fourth-order valence-electron chi connectivity index (χ4n) is 0.638. The minimum Gasteiger partial charge on any atom is -0.481 e. The Balaban J connectivity index is -0.0000000560. The molecule has 0 bridgehead atoms. The molecule has 0 aromatic carbocycles. The lowest BCUT2D eigenvalue weighted by Gasteiger charge is -2.03. The molecule has 0 rings (SSSR count). The van der Waals surface area contributed by atoms with Crippen LogP contribution in [-0.2, 0) is 42.7 Å². The summed E-state index contributed by atoms with van der Waals surface area (Å²) in [5.74, 6) is -1.34. The maximum absolute atomic E-state index is 10.3. The van der Waals surface area contributed by atoms with E-state index in [-0.39, 0.29) is 43.5 Å². The first-order valence-electron chi connectivity index (χ1n) is 6.05. The molecule has 0 amide bonds. The van der Waals surface area contributed by atoms with Crippen molar-refractivity contribution in [3.8, 4) is 0 Å². The molecule has 0 saturated heterocycles. The van der Waals surface area contributed by atoms with Crippen molar-refractivity contribution >= 4 is 67.6 Å². The number of aliphatic hydroxyl groups is 1. The molecule has 27 heavy (non-hydrogen) atoms. The number of halogens is 3. The number of aliphatic hydroxyl groups excluding tert-OH is 1. The second-order valence-corrected chi connectivity index (χ2v) is 5.92. The highest BCUT2D eigenvalue weighted by molar-refractivity contribution is 8.26. The Kier molecular flexibility index (Phi) is 53.5. The van der Waals surface area contributed by atoms with Crippen molar-refractivity contribution in [1.29, 1.82) is 0 Å². The number of carboxylic acids is 1. The van der Waals surface area contributed by atoms with Crippen LogP contribution in [0.15, 0.2) is 0 Å². The average Bonchev–Trinajstić information content (AvgIpc) is 2.49. The first kappa shape index (κ1) is 40.4. The van der Waals surface area contributed by atoms with Crippen LogP contribution in [0, 0.1) is 0 Å². The van der Waals surface area contributed by atoms with Crippen LogP contribution < -0.4 is 11.5 Å². The topological polar surface area (TPSA) is 213 Å². The second-order valence-electron chi connectivity index (χ2n) is 3.39. The summed E-state index contributed by atoms with van der Waals surface area (Å²) in [4.78, 5) is 45.9. The molecule has 0 aromatic rings. The molecule has 0 radical (unpaired) electrons. The lowest BCUT2D eigenvalue weighted by Crippen LogP contribution is -2.26. The van der Waals surface area contributed by atoms with E-state index in [0.29, 0.717) is 6.42 Å². The van der Waals surface area contributed by atoms with Crippen molar-refractivity contribution in [1.82, 2.24) is 0 Å². The predicted molar refractivity (Wildman–Crippen MR) is 97.9 cm³/mol. The third kappa shape index (κ3) is 93.0. The summed E-state index contributed by atoms with van der Waals surface area (Å²) < 4.78 is 17.5. The normalized spacial score (nSPS) is 9.67. The Morgan fingerprint density at radius 3 is 1.70 bits per heavy atom. The van der Waals surface area contributed by atoms with E-state index >= 15 is 0 Å². The van der Waals surface area contributed by atoms with Crippen molar-refractivity contribution in [3.05, 3.63) is 0 Å². The van der Waals surface area contributed by atoms with Gasteiger partial charge in [-0.15, -0.1) is 12.4 Å². The van der Waals surface area contributed by atoms with Gasteiger partial charge in [0.05, 0.1) is 20.0 Å².